The lowest BCUT2D eigenvalue weighted by molar-refractivity contribution is -0.121. The number of anilines is 1. The van der Waals surface area contributed by atoms with Crippen molar-refractivity contribution in [2.75, 3.05) is 12.4 Å². The average Bonchev–Trinajstić information content (AvgIpc) is 2.16. The number of likely N-dealkylation sites (N-methyl/N-ethyl adjacent to an activating group) is 1. The number of amides is 1. The van der Waals surface area contributed by atoms with Crippen LogP contribution in [0.4, 0.5) is 10.2 Å². The third-order valence-corrected chi connectivity index (χ3v) is 1.72. The zero-order chi connectivity index (χ0) is 10.6. The standard InChI is InChI=1S/C9H12FN3O/c1-6(9(14)11-2)12-8-5-3-4-7(10)13-8/h3-6H,1-2H3,(H,11,14)(H,12,13). The van der Waals surface area contributed by atoms with Crippen LogP contribution in [0.15, 0.2) is 18.2 Å². The minimum absolute atomic E-state index is 0.170. The second kappa shape index (κ2) is 4.55. The molecule has 0 aliphatic heterocycles. The minimum Gasteiger partial charge on any atom is -0.359 e. The van der Waals surface area contributed by atoms with E-state index in [1.54, 1.807) is 20.0 Å². The van der Waals surface area contributed by atoms with Crippen LogP contribution in [0.3, 0.4) is 0 Å². The molecule has 0 fully saturated rings. The van der Waals surface area contributed by atoms with Crippen LogP contribution in [0.25, 0.3) is 0 Å². The highest BCUT2D eigenvalue weighted by Gasteiger charge is 2.10. The van der Waals surface area contributed by atoms with Crippen molar-refractivity contribution in [2.45, 2.75) is 13.0 Å². The zero-order valence-electron chi connectivity index (χ0n) is 8.04. The molecule has 0 aliphatic carbocycles. The first-order valence-electron chi connectivity index (χ1n) is 4.24. The number of nitrogens with zero attached hydrogens (tertiary/aromatic N) is 1. The Balaban J connectivity index is 2.64. The monoisotopic (exact) mass is 197 g/mol. The Morgan fingerprint density at radius 3 is 2.86 bits per heavy atom. The van der Waals surface area contributed by atoms with Gasteiger partial charge in [-0.25, -0.2) is 4.98 Å². The molecular weight excluding hydrogens is 185 g/mol. The van der Waals surface area contributed by atoms with Gasteiger partial charge in [0.1, 0.15) is 11.9 Å². The molecule has 0 spiro atoms. The van der Waals surface area contributed by atoms with Crippen molar-refractivity contribution in [3.8, 4) is 0 Å². The van der Waals surface area contributed by atoms with Crippen molar-refractivity contribution in [3.05, 3.63) is 24.1 Å². The third kappa shape index (κ3) is 2.69. The summed E-state index contributed by atoms with van der Waals surface area (Å²) in [5, 5.41) is 5.25. The second-order valence-electron chi connectivity index (χ2n) is 2.83. The third-order valence-electron chi connectivity index (χ3n) is 1.72. The molecule has 0 radical (unpaired) electrons. The Hall–Kier alpha value is -1.65. The molecule has 1 aromatic heterocycles. The predicted molar refractivity (Wildman–Crippen MR) is 51.3 cm³/mol. The molecule has 0 bridgehead atoms. The topological polar surface area (TPSA) is 54.0 Å². The highest BCUT2D eigenvalue weighted by Crippen LogP contribution is 2.04. The quantitative estimate of drug-likeness (QED) is 0.703. The van der Waals surface area contributed by atoms with Crippen molar-refractivity contribution in [1.82, 2.24) is 10.3 Å². The molecular formula is C9H12FN3O. The summed E-state index contributed by atoms with van der Waals surface area (Å²) in [5.41, 5.74) is 0. The highest BCUT2D eigenvalue weighted by atomic mass is 19.1. The van der Waals surface area contributed by atoms with E-state index in [4.69, 9.17) is 0 Å². The van der Waals surface area contributed by atoms with Crippen LogP contribution in [0.2, 0.25) is 0 Å². The number of carbonyl (C=O) groups is 1. The maximum Gasteiger partial charge on any atom is 0.241 e. The van der Waals surface area contributed by atoms with Crippen LogP contribution in [-0.4, -0.2) is 24.0 Å². The number of halogens is 1. The summed E-state index contributed by atoms with van der Waals surface area (Å²) in [6.07, 6.45) is 0. The van der Waals surface area contributed by atoms with Crippen LogP contribution in [0, 0.1) is 5.95 Å². The van der Waals surface area contributed by atoms with Crippen molar-refractivity contribution < 1.29 is 9.18 Å². The average molecular weight is 197 g/mol. The van der Waals surface area contributed by atoms with Gasteiger partial charge < -0.3 is 10.6 Å². The summed E-state index contributed by atoms with van der Waals surface area (Å²) in [5.74, 6) is -0.392. The number of nitrogens with one attached hydrogen (secondary N) is 2. The van der Waals surface area contributed by atoms with Gasteiger partial charge in [0.2, 0.25) is 11.9 Å². The van der Waals surface area contributed by atoms with E-state index >= 15 is 0 Å². The van der Waals surface area contributed by atoms with Gasteiger partial charge in [0, 0.05) is 7.05 Å². The van der Waals surface area contributed by atoms with Gasteiger partial charge in [-0.1, -0.05) is 6.07 Å². The first kappa shape index (κ1) is 10.4. The van der Waals surface area contributed by atoms with Crippen LogP contribution in [0.5, 0.6) is 0 Å². The van der Waals surface area contributed by atoms with E-state index < -0.39 is 12.0 Å². The van der Waals surface area contributed by atoms with E-state index in [9.17, 15) is 9.18 Å². The lowest BCUT2D eigenvalue weighted by Gasteiger charge is -2.12. The molecule has 0 aromatic carbocycles. The van der Waals surface area contributed by atoms with Crippen molar-refractivity contribution in [1.29, 1.82) is 0 Å². The van der Waals surface area contributed by atoms with Crippen LogP contribution >= 0.6 is 0 Å². The second-order valence-corrected chi connectivity index (χ2v) is 2.83. The van der Waals surface area contributed by atoms with Crippen LogP contribution in [0.1, 0.15) is 6.92 Å². The first-order valence-corrected chi connectivity index (χ1v) is 4.24. The highest BCUT2D eigenvalue weighted by molar-refractivity contribution is 5.83. The molecule has 0 saturated heterocycles. The fourth-order valence-corrected chi connectivity index (χ4v) is 0.993. The van der Waals surface area contributed by atoms with Crippen LogP contribution < -0.4 is 10.6 Å². The Bertz CT molecular complexity index is 330. The molecule has 76 valence electrons. The van der Waals surface area contributed by atoms with Crippen molar-refractivity contribution in [3.63, 3.8) is 0 Å². The number of rotatable bonds is 3. The number of aromatic nitrogens is 1. The van der Waals surface area contributed by atoms with Gasteiger partial charge in [-0.15, -0.1) is 0 Å². The fraction of sp³-hybridized carbons (Fsp3) is 0.333. The number of pyridine rings is 1. The summed E-state index contributed by atoms with van der Waals surface area (Å²) < 4.78 is 12.6. The van der Waals surface area contributed by atoms with Gasteiger partial charge in [-0.2, -0.15) is 4.39 Å². The van der Waals surface area contributed by atoms with E-state index in [1.165, 1.54) is 12.1 Å². The Kier molecular flexibility index (Phi) is 3.39. The van der Waals surface area contributed by atoms with Gasteiger partial charge in [-0.3, -0.25) is 4.79 Å². The summed E-state index contributed by atoms with van der Waals surface area (Å²) in [7, 11) is 1.54. The molecule has 1 rings (SSSR count). The summed E-state index contributed by atoms with van der Waals surface area (Å²) >= 11 is 0. The number of carbonyl (C=O) groups excluding carboxylic acids is 1. The molecule has 1 heterocycles. The van der Waals surface area contributed by atoms with E-state index in [1.807, 2.05) is 0 Å². The Morgan fingerprint density at radius 2 is 2.29 bits per heavy atom. The maximum atomic E-state index is 12.6. The molecule has 0 saturated carbocycles. The Morgan fingerprint density at radius 1 is 1.57 bits per heavy atom. The van der Waals surface area contributed by atoms with E-state index in [-0.39, 0.29) is 5.91 Å². The zero-order valence-corrected chi connectivity index (χ0v) is 8.04. The molecule has 1 amide bonds. The van der Waals surface area contributed by atoms with E-state index in [0.717, 1.165) is 0 Å². The summed E-state index contributed by atoms with van der Waals surface area (Å²) in [6, 6.07) is 3.94. The van der Waals surface area contributed by atoms with Gasteiger partial charge in [0.05, 0.1) is 0 Å². The molecule has 1 unspecified atom stereocenters. The van der Waals surface area contributed by atoms with Gasteiger partial charge >= 0.3 is 0 Å². The molecule has 1 aromatic rings. The SMILES string of the molecule is CNC(=O)C(C)Nc1cccc(F)n1. The Labute approximate surface area is 81.5 Å². The summed E-state index contributed by atoms with van der Waals surface area (Å²) in [4.78, 5) is 14.7. The van der Waals surface area contributed by atoms with Crippen molar-refractivity contribution >= 4 is 11.7 Å². The molecule has 14 heavy (non-hydrogen) atoms. The van der Waals surface area contributed by atoms with Gasteiger partial charge in [0.15, 0.2) is 0 Å². The molecule has 0 aliphatic rings. The predicted octanol–water partition coefficient (Wildman–Crippen LogP) is 0.767. The molecule has 5 heteroatoms. The van der Waals surface area contributed by atoms with Crippen LogP contribution in [-0.2, 0) is 4.79 Å². The normalized spacial score (nSPS) is 11.9. The largest absolute Gasteiger partial charge is 0.359 e. The lowest BCUT2D eigenvalue weighted by Crippen LogP contribution is -2.35. The number of hydrogen-bond acceptors (Lipinski definition) is 3. The smallest absolute Gasteiger partial charge is 0.241 e. The van der Waals surface area contributed by atoms with Gasteiger partial charge in [0.25, 0.3) is 0 Å². The first-order chi connectivity index (χ1) is 6.63. The molecule has 4 nitrogen and oxygen atoms in total. The van der Waals surface area contributed by atoms with Gasteiger partial charge in [-0.05, 0) is 19.1 Å². The van der Waals surface area contributed by atoms with E-state index in [2.05, 4.69) is 15.6 Å². The fourth-order valence-electron chi connectivity index (χ4n) is 0.993. The van der Waals surface area contributed by atoms with Crippen molar-refractivity contribution in [2.24, 2.45) is 0 Å². The minimum atomic E-state index is -0.570. The number of hydrogen-bond donors (Lipinski definition) is 2. The summed E-state index contributed by atoms with van der Waals surface area (Å²) in [6.45, 7) is 1.67. The molecule has 2 N–H and O–H groups in total. The maximum absolute atomic E-state index is 12.6. The van der Waals surface area contributed by atoms with E-state index in [0.29, 0.717) is 5.82 Å². The lowest BCUT2D eigenvalue weighted by atomic mass is 10.3. The molecule has 1 atom stereocenters.